The third-order valence-electron chi connectivity index (χ3n) is 4.36. The van der Waals surface area contributed by atoms with Gasteiger partial charge in [-0.3, -0.25) is 14.2 Å². The molecule has 25 heavy (non-hydrogen) atoms. The summed E-state index contributed by atoms with van der Waals surface area (Å²) in [5.74, 6) is -0.904. The van der Waals surface area contributed by atoms with Crippen molar-refractivity contribution >= 4 is 23.0 Å². The fourth-order valence-corrected chi connectivity index (χ4v) is 3.04. The van der Waals surface area contributed by atoms with Crippen LogP contribution in [-0.2, 0) is 16.1 Å². The molecule has 0 radical (unpaired) electrons. The highest BCUT2D eigenvalue weighted by Gasteiger charge is 2.26. The van der Waals surface area contributed by atoms with E-state index in [0.29, 0.717) is 6.54 Å². The lowest BCUT2D eigenvalue weighted by atomic mass is 10.0. The van der Waals surface area contributed by atoms with Gasteiger partial charge in [0.15, 0.2) is 0 Å². The van der Waals surface area contributed by atoms with Gasteiger partial charge in [-0.15, -0.1) is 0 Å². The zero-order valence-corrected chi connectivity index (χ0v) is 14.2. The average Bonchev–Trinajstić information content (AvgIpc) is 3.03. The number of hydrogen-bond donors (Lipinski definition) is 0. The summed E-state index contributed by atoms with van der Waals surface area (Å²) in [4.78, 5) is 42.9. The van der Waals surface area contributed by atoms with Gasteiger partial charge in [0.05, 0.1) is 6.61 Å². The number of nitrogens with zero attached hydrogens (tertiary/aromatic N) is 4. The fraction of sp³-hybridized carbons (Fsp3) is 0.562. The van der Waals surface area contributed by atoms with Crippen molar-refractivity contribution < 1.29 is 18.8 Å². The topological polar surface area (TPSA) is 108 Å². The third-order valence-corrected chi connectivity index (χ3v) is 4.36. The number of piperidine rings is 1. The summed E-state index contributed by atoms with van der Waals surface area (Å²) in [5.41, 5.74) is -0.821. The number of hydrogen-bond acceptors (Lipinski definition) is 7. The second-order valence-corrected chi connectivity index (χ2v) is 6.04. The lowest BCUT2D eigenvalue weighted by Gasteiger charge is -2.33. The third kappa shape index (κ3) is 3.26. The predicted octanol–water partition coefficient (Wildman–Crippen LogP) is 0.962. The lowest BCUT2D eigenvalue weighted by Crippen LogP contribution is -2.44. The Bertz CT molecular complexity index is 856. The first-order valence-electron chi connectivity index (χ1n) is 8.34. The number of aromatic nitrogens is 3. The van der Waals surface area contributed by atoms with E-state index in [4.69, 9.17) is 9.26 Å². The van der Waals surface area contributed by atoms with Crippen LogP contribution in [0.15, 0.2) is 15.6 Å². The highest BCUT2D eigenvalue weighted by atomic mass is 16.5. The van der Waals surface area contributed by atoms with Gasteiger partial charge >= 0.3 is 5.97 Å². The molecule has 0 bridgehead atoms. The van der Waals surface area contributed by atoms with Crippen LogP contribution in [0.5, 0.6) is 0 Å². The summed E-state index contributed by atoms with van der Waals surface area (Å²) in [6.45, 7) is 4.34. The molecule has 1 unspecified atom stereocenters. The number of likely N-dealkylation sites (tertiary alicyclic amines) is 1. The zero-order valence-electron chi connectivity index (χ0n) is 14.2. The van der Waals surface area contributed by atoms with Gasteiger partial charge in [-0.1, -0.05) is 5.16 Å². The molecule has 0 N–H and O–H groups in total. The number of amides is 1. The van der Waals surface area contributed by atoms with E-state index >= 15 is 0 Å². The summed E-state index contributed by atoms with van der Waals surface area (Å²) in [7, 11) is 0. The number of carbonyl (C=O) groups is 2. The Kier molecular flexibility index (Phi) is 4.82. The largest absolute Gasteiger partial charge is 0.461 e. The fourth-order valence-electron chi connectivity index (χ4n) is 3.04. The molecule has 0 spiro atoms. The van der Waals surface area contributed by atoms with Crippen molar-refractivity contribution in [1.82, 2.24) is 19.6 Å². The smallest absolute Gasteiger partial charge is 0.361 e. The van der Waals surface area contributed by atoms with Crippen molar-refractivity contribution in [2.24, 2.45) is 0 Å². The maximum Gasteiger partial charge on any atom is 0.361 e. The molecule has 1 saturated heterocycles. The van der Waals surface area contributed by atoms with Crippen LogP contribution in [0.2, 0.25) is 0 Å². The molecule has 1 fully saturated rings. The Morgan fingerprint density at radius 3 is 2.92 bits per heavy atom. The highest BCUT2D eigenvalue weighted by molar-refractivity contribution is 5.99. The van der Waals surface area contributed by atoms with E-state index in [1.54, 1.807) is 11.8 Å². The van der Waals surface area contributed by atoms with E-state index in [-0.39, 0.29) is 41.9 Å². The first-order chi connectivity index (χ1) is 12.0. The van der Waals surface area contributed by atoms with E-state index in [1.165, 1.54) is 10.9 Å². The highest BCUT2D eigenvalue weighted by Crippen LogP contribution is 2.17. The van der Waals surface area contributed by atoms with Crippen LogP contribution in [0.4, 0.5) is 0 Å². The summed E-state index contributed by atoms with van der Waals surface area (Å²) in [6, 6.07) is 0.152. The molecule has 1 amide bonds. The minimum Gasteiger partial charge on any atom is -0.461 e. The van der Waals surface area contributed by atoms with Crippen LogP contribution in [-0.4, -0.2) is 50.7 Å². The van der Waals surface area contributed by atoms with E-state index in [2.05, 4.69) is 10.1 Å². The van der Waals surface area contributed by atoms with Gasteiger partial charge in [-0.25, -0.2) is 9.78 Å². The molecule has 3 rings (SSSR count). The zero-order chi connectivity index (χ0) is 18.0. The van der Waals surface area contributed by atoms with Crippen molar-refractivity contribution in [3.05, 3.63) is 22.4 Å². The Morgan fingerprint density at radius 2 is 2.20 bits per heavy atom. The lowest BCUT2D eigenvalue weighted by molar-refractivity contribution is -0.135. The minimum absolute atomic E-state index is 0.0527. The van der Waals surface area contributed by atoms with E-state index in [0.717, 1.165) is 19.3 Å². The van der Waals surface area contributed by atoms with E-state index in [1.807, 2.05) is 6.92 Å². The van der Waals surface area contributed by atoms with Gasteiger partial charge in [0, 0.05) is 12.6 Å². The first kappa shape index (κ1) is 17.1. The SMILES string of the molecule is CCOC(=O)c1noc2ncn(CC(=O)N3CCCCC3C)c(=O)c12. The predicted molar refractivity (Wildman–Crippen MR) is 87.0 cm³/mol. The number of ether oxygens (including phenoxy) is 1. The van der Waals surface area contributed by atoms with Crippen LogP contribution in [0, 0.1) is 0 Å². The first-order valence-corrected chi connectivity index (χ1v) is 8.34. The Balaban J connectivity index is 1.91. The molecule has 9 nitrogen and oxygen atoms in total. The van der Waals surface area contributed by atoms with Gasteiger partial charge in [0.1, 0.15) is 18.3 Å². The van der Waals surface area contributed by atoms with Crippen molar-refractivity contribution in [3.63, 3.8) is 0 Å². The van der Waals surface area contributed by atoms with Crippen molar-refractivity contribution in [3.8, 4) is 0 Å². The van der Waals surface area contributed by atoms with E-state index in [9.17, 15) is 14.4 Å². The van der Waals surface area contributed by atoms with Crippen molar-refractivity contribution in [2.45, 2.75) is 45.7 Å². The Morgan fingerprint density at radius 1 is 1.40 bits per heavy atom. The molecule has 0 saturated carbocycles. The molecule has 2 aromatic heterocycles. The molecule has 9 heteroatoms. The van der Waals surface area contributed by atoms with Gasteiger partial charge in [0.2, 0.25) is 11.6 Å². The van der Waals surface area contributed by atoms with Crippen LogP contribution in [0.25, 0.3) is 11.1 Å². The van der Waals surface area contributed by atoms with Crippen LogP contribution in [0.3, 0.4) is 0 Å². The van der Waals surface area contributed by atoms with Crippen LogP contribution in [0.1, 0.15) is 43.6 Å². The molecule has 0 aliphatic carbocycles. The number of esters is 1. The molecule has 2 aromatic rings. The second-order valence-electron chi connectivity index (χ2n) is 6.04. The number of fused-ring (bicyclic) bond motifs is 1. The van der Waals surface area contributed by atoms with Gasteiger partial charge in [-0.05, 0) is 33.1 Å². The molecule has 134 valence electrons. The Labute approximate surface area is 143 Å². The van der Waals surface area contributed by atoms with Crippen molar-refractivity contribution in [2.75, 3.05) is 13.2 Å². The molecular weight excluding hydrogens is 328 g/mol. The van der Waals surface area contributed by atoms with Gasteiger partial charge in [0.25, 0.3) is 11.3 Å². The molecule has 0 aromatic carbocycles. The molecule has 1 aliphatic heterocycles. The molecule has 1 atom stereocenters. The summed E-state index contributed by atoms with van der Waals surface area (Å²) in [5, 5.41) is 3.51. The second kappa shape index (κ2) is 7.04. The summed E-state index contributed by atoms with van der Waals surface area (Å²) in [6.07, 6.45) is 4.25. The Hall–Kier alpha value is -2.71. The van der Waals surface area contributed by atoms with Gasteiger partial charge in [-0.2, -0.15) is 0 Å². The van der Waals surface area contributed by atoms with E-state index < -0.39 is 11.5 Å². The monoisotopic (exact) mass is 348 g/mol. The summed E-state index contributed by atoms with van der Waals surface area (Å²) >= 11 is 0. The average molecular weight is 348 g/mol. The maximum atomic E-state index is 12.7. The van der Waals surface area contributed by atoms with Crippen molar-refractivity contribution in [1.29, 1.82) is 0 Å². The standard InChI is InChI=1S/C16H20N4O5/c1-3-24-16(23)13-12-14(25-18-13)17-9-19(15(12)22)8-11(21)20-7-5-4-6-10(20)2/h9-10H,3-8H2,1-2H3. The van der Waals surface area contributed by atoms with Gasteiger partial charge < -0.3 is 14.2 Å². The number of carbonyl (C=O) groups excluding carboxylic acids is 2. The normalized spacial score (nSPS) is 17.7. The maximum absolute atomic E-state index is 12.7. The number of rotatable bonds is 4. The minimum atomic E-state index is -0.756. The molecule has 1 aliphatic rings. The van der Waals surface area contributed by atoms with Crippen LogP contribution >= 0.6 is 0 Å². The quantitative estimate of drug-likeness (QED) is 0.757. The molecule has 3 heterocycles. The summed E-state index contributed by atoms with van der Waals surface area (Å²) < 4.78 is 11.0. The molecular formula is C16H20N4O5. The van der Waals surface area contributed by atoms with Crippen LogP contribution < -0.4 is 5.56 Å².